The molecule has 1 amide bonds. The molecule has 37 heavy (non-hydrogen) atoms. The van der Waals surface area contributed by atoms with Gasteiger partial charge in [-0.2, -0.15) is 26.3 Å². The van der Waals surface area contributed by atoms with E-state index in [1.54, 1.807) is 17.7 Å². The molecule has 0 aromatic heterocycles. The summed E-state index contributed by atoms with van der Waals surface area (Å²) in [6.45, 7) is -0.724. The highest BCUT2D eigenvalue weighted by atomic mass is 35.5. The average Bonchev–Trinajstić information content (AvgIpc) is 3.25. The van der Waals surface area contributed by atoms with Crippen molar-refractivity contribution in [1.29, 1.82) is 0 Å². The largest absolute Gasteiger partial charge is 0.435 e. The number of alkyl halides is 6. The van der Waals surface area contributed by atoms with Gasteiger partial charge in [0.25, 0.3) is 5.60 Å². The first-order chi connectivity index (χ1) is 17.1. The van der Waals surface area contributed by atoms with E-state index in [0.29, 0.717) is 5.56 Å². The summed E-state index contributed by atoms with van der Waals surface area (Å²) in [6, 6.07) is 7.68. The van der Waals surface area contributed by atoms with Gasteiger partial charge in [-0.3, -0.25) is 20.5 Å². The van der Waals surface area contributed by atoms with E-state index in [-0.39, 0.29) is 38.3 Å². The van der Waals surface area contributed by atoms with Crippen LogP contribution in [-0.2, 0) is 15.2 Å². The third kappa shape index (κ3) is 6.65. The lowest BCUT2D eigenvalue weighted by molar-refractivity contribution is -0.275. The second-order valence-corrected chi connectivity index (χ2v) is 8.86. The van der Waals surface area contributed by atoms with Crippen LogP contribution in [0.4, 0.5) is 26.3 Å². The van der Waals surface area contributed by atoms with E-state index in [1.165, 1.54) is 24.3 Å². The zero-order chi connectivity index (χ0) is 27.6. The average molecular weight is 571 g/mol. The molecule has 0 radical (unpaired) electrons. The van der Waals surface area contributed by atoms with Gasteiger partial charge in [0.05, 0.1) is 5.71 Å². The number of rotatable bonds is 6. The second-order valence-electron chi connectivity index (χ2n) is 7.99. The Bertz CT molecular complexity index is 1230. The van der Waals surface area contributed by atoms with Crippen LogP contribution >= 0.6 is 23.2 Å². The number of hydrogen-bond acceptors (Lipinski definition) is 5. The second kappa shape index (κ2) is 10.8. The van der Waals surface area contributed by atoms with Crippen LogP contribution in [0.2, 0.25) is 10.0 Å². The molecule has 200 valence electrons. The number of oxime groups is 1. The van der Waals surface area contributed by atoms with Gasteiger partial charge in [-0.05, 0) is 42.3 Å². The molecule has 15 heteroatoms. The van der Waals surface area contributed by atoms with Crippen molar-refractivity contribution in [2.24, 2.45) is 10.1 Å². The smallest absolute Gasteiger partial charge is 0.374 e. The van der Waals surface area contributed by atoms with Crippen LogP contribution in [0, 0.1) is 6.92 Å². The van der Waals surface area contributed by atoms with Crippen molar-refractivity contribution in [3.8, 4) is 0 Å². The third-order valence-electron chi connectivity index (χ3n) is 5.30. The first kappa shape index (κ1) is 28.5. The normalized spacial score (nSPS) is 18.3. The Balaban J connectivity index is 1.83. The van der Waals surface area contributed by atoms with Crippen molar-refractivity contribution in [2.45, 2.75) is 31.3 Å². The molecule has 1 atom stereocenters. The van der Waals surface area contributed by atoms with Crippen LogP contribution in [0.15, 0.2) is 46.5 Å². The van der Waals surface area contributed by atoms with Crippen molar-refractivity contribution in [2.75, 3.05) is 13.1 Å². The molecular formula is C22H18Cl2F6N4O3. The number of benzene rings is 2. The van der Waals surface area contributed by atoms with Gasteiger partial charge in [-0.1, -0.05) is 40.5 Å². The minimum atomic E-state index is -4.88. The number of nitrogens with one attached hydrogen (secondary N) is 2. The molecule has 0 aliphatic carbocycles. The third-order valence-corrected chi connectivity index (χ3v) is 5.74. The van der Waals surface area contributed by atoms with Gasteiger partial charge in [-0.25, -0.2) is 0 Å². The first-order valence-corrected chi connectivity index (χ1v) is 11.1. The van der Waals surface area contributed by atoms with E-state index in [2.05, 4.69) is 10.1 Å². The lowest BCUT2D eigenvalue weighted by Crippen LogP contribution is -2.42. The molecule has 2 aromatic carbocycles. The van der Waals surface area contributed by atoms with Crippen molar-refractivity contribution < 1.29 is 41.2 Å². The molecule has 2 aromatic rings. The number of hydroxylamine groups is 1. The summed E-state index contributed by atoms with van der Waals surface area (Å²) in [5.74, 6) is -1.28. The van der Waals surface area contributed by atoms with Crippen molar-refractivity contribution in [1.82, 2.24) is 10.8 Å². The Labute approximate surface area is 216 Å². The number of nitrogens with zero attached hydrogens (tertiary/aromatic N) is 2. The van der Waals surface area contributed by atoms with Gasteiger partial charge in [0.1, 0.15) is 13.1 Å². The zero-order valence-corrected chi connectivity index (χ0v) is 20.3. The molecule has 1 unspecified atom stereocenters. The lowest BCUT2D eigenvalue weighted by atomic mass is 9.86. The number of carbonyl (C=O) groups is 1. The molecule has 0 spiro atoms. The minimum Gasteiger partial charge on any atom is -0.374 e. The number of aryl methyl sites for hydroxylation is 1. The molecule has 0 fully saturated rings. The van der Waals surface area contributed by atoms with E-state index < -0.39 is 43.4 Å². The summed E-state index contributed by atoms with van der Waals surface area (Å²) in [6.07, 6.45) is -10.2. The highest BCUT2D eigenvalue weighted by Gasteiger charge is 2.62. The number of aliphatic imine (C=N–C) groups is 1. The maximum atomic E-state index is 14.2. The van der Waals surface area contributed by atoms with Gasteiger partial charge < -0.3 is 10.2 Å². The number of amides is 1. The summed E-state index contributed by atoms with van der Waals surface area (Å²) >= 11 is 11.8. The predicted octanol–water partition coefficient (Wildman–Crippen LogP) is 5.29. The molecule has 0 saturated heterocycles. The molecule has 3 rings (SSSR count). The summed E-state index contributed by atoms with van der Waals surface area (Å²) in [5.41, 5.74) is -0.537. The van der Waals surface area contributed by atoms with E-state index in [4.69, 9.17) is 28.0 Å². The fourth-order valence-corrected chi connectivity index (χ4v) is 4.07. The Morgan fingerprint density at radius 3 is 2.32 bits per heavy atom. The van der Waals surface area contributed by atoms with Crippen LogP contribution in [-0.4, -0.2) is 48.1 Å². The van der Waals surface area contributed by atoms with E-state index >= 15 is 0 Å². The van der Waals surface area contributed by atoms with Crippen LogP contribution in [0.3, 0.4) is 0 Å². The number of hydrogen-bond donors (Lipinski definition) is 3. The first-order valence-electron chi connectivity index (χ1n) is 10.3. The fourth-order valence-electron chi connectivity index (χ4n) is 3.54. The SMILES string of the molecule is Cc1cc(C2=NOC(c3cc(Cl)cc(Cl)c3)(C(F)(F)F)C2)ccc1C(=NCC(=O)NCC(F)(F)F)NO. The fraction of sp³-hybridized carbons (Fsp3) is 0.318. The molecular weight excluding hydrogens is 553 g/mol. The van der Waals surface area contributed by atoms with Crippen LogP contribution < -0.4 is 10.8 Å². The predicted molar refractivity (Wildman–Crippen MR) is 123 cm³/mol. The van der Waals surface area contributed by atoms with Crippen molar-refractivity contribution >= 4 is 40.7 Å². The van der Waals surface area contributed by atoms with Gasteiger partial charge >= 0.3 is 12.4 Å². The Morgan fingerprint density at radius 2 is 1.78 bits per heavy atom. The van der Waals surface area contributed by atoms with E-state index in [0.717, 1.165) is 12.1 Å². The minimum absolute atomic E-state index is 0.0150. The molecule has 7 nitrogen and oxygen atoms in total. The Kier molecular flexibility index (Phi) is 8.30. The monoisotopic (exact) mass is 570 g/mol. The number of halogens is 8. The van der Waals surface area contributed by atoms with E-state index in [9.17, 15) is 36.3 Å². The number of amidine groups is 1. The number of carbonyl (C=O) groups excluding carboxylic acids is 1. The van der Waals surface area contributed by atoms with Crippen molar-refractivity contribution in [3.05, 3.63) is 68.7 Å². The van der Waals surface area contributed by atoms with Gasteiger partial charge in [0, 0.05) is 27.6 Å². The molecule has 1 heterocycles. The highest BCUT2D eigenvalue weighted by Crippen LogP contribution is 2.49. The molecule has 1 aliphatic rings. The van der Waals surface area contributed by atoms with Crippen LogP contribution in [0.1, 0.15) is 28.7 Å². The Hall–Kier alpha value is -3.03. The highest BCUT2D eigenvalue weighted by molar-refractivity contribution is 6.34. The maximum Gasteiger partial charge on any atom is 0.435 e. The molecule has 1 aliphatic heterocycles. The van der Waals surface area contributed by atoms with Gasteiger partial charge in [-0.15, -0.1) is 0 Å². The summed E-state index contributed by atoms with van der Waals surface area (Å²) in [4.78, 5) is 20.3. The van der Waals surface area contributed by atoms with Gasteiger partial charge in [0.15, 0.2) is 5.84 Å². The van der Waals surface area contributed by atoms with Crippen LogP contribution in [0.25, 0.3) is 0 Å². The maximum absolute atomic E-state index is 14.2. The van der Waals surface area contributed by atoms with E-state index in [1.807, 2.05) is 0 Å². The summed E-state index contributed by atoms with van der Waals surface area (Å²) in [7, 11) is 0. The topological polar surface area (TPSA) is 95.3 Å². The lowest BCUT2D eigenvalue weighted by Gasteiger charge is -2.29. The van der Waals surface area contributed by atoms with Crippen LogP contribution in [0.5, 0.6) is 0 Å². The quantitative estimate of drug-likeness (QED) is 0.190. The standard InChI is InChI=1S/C22H18Cl2F6N4O3/c1-11-4-12(2-3-16(11)19(33-36)31-9-18(35)32-10-21(25,26)27)17-8-20(37-34-17,22(28,29)30)13-5-14(23)7-15(24)6-13/h2-7,36H,8-10H2,1H3,(H,31,33)(H,32,35). The van der Waals surface area contributed by atoms with Crippen molar-refractivity contribution in [3.63, 3.8) is 0 Å². The molecule has 3 N–H and O–H groups in total. The summed E-state index contributed by atoms with van der Waals surface area (Å²) in [5, 5.41) is 14.7. The zero-order valence-electron chi connectivity index (χ0n) is 18.8. The molecule has 0 bridgehead atoms. The molecule has 0 saturated carbocycles. The van der Waals surface area contributed by atoms with Gasteiger partial charge in [0.2, 0.25) is 5.91 Å². The Morgan fingerprint density at radius 1 is 1.14 bits per heavy atom. The summed E-state index contributed by atoms with van der Waals surface area (Å²) < 4.78 is 79.2.